The topological polar surface area (TPSA) is 79.1 Å². The summed E-state index contributed by atoms with van der Waals surface area (Å²) >= 11 is 0. The highest BCUT2D eigenvalue weighted by Crippen LogP contribution is 2.66. The van der Waals surface area contributed by atoms with E-state index in [0.717, 1.165) is 38.5 Å². The number of terminal acetylenes is 1. The van der Waals surface area contributed by atoms with Crippen molar-refractivity contribution in [2.24, 2.45) is 34.2 Å². The quantitative estimate of drug-likeness (QED) is 0.329. The largest absolute Gasteiger partial charge is 0.456 e. The molecule has 1 unspecified atom stereocenters. The average Bonchev–Trinajstić information content (AvgIpc) is 3.00. The fourth-order valence-corrected chi connectivity index (χ4v) is 7.35. The monoisotopic (exact) mass is 385 g/mol. The van der Waals surface area contributed by atoms with Crippen LogP contribution in [0.4, 0.5) is 0 Å². The average molecular weight is 386 g/mol. The van der Waals surface area contributed by atoms with Crippen molar-refractivity contribution >= 4 is 11.7 Å². The van der Waals surface area contributed by atoms with Gasteiger partial charge in [0.1, 0.15) is 17.4 Å². The first-order valence-corrected chi connectivity index (χ1v) is 10.7. The number of hydrogen-bond acceptors (Lipinski definition) is 5. The fourth-order valence-electron chi connectivity index (χ4n) is 7.35. The van der Waals surface area contributed by atoms with Gasteiger partial charge < -0.3 is 15.1 Å². The van der Waals surface area contributed by atoms with Crippen molar-refractivity contribution in [3.8, 4) is 12.3 Å². The minimum Gasteiger partial charge on any atom is -0.456 e. The minimum absolute atomic E-state index is 0.161. The maximum atomic E-state index is 11.5. The number of ether oxygens (including phenoxy) is 1. The van der Waals surface area contributed by atoms with E-state index in [4.69, 9.17) is 11.2 Å². The van der Waals surface area contributed by atoms with E-state index >= 15 is 0 Å². The molecular formula is C23H31NO4. The van der Waals surface area contributed by atoms with E-state index in [1.807, 2.05) is 6.08 Å². The van der Waals surface area contributed by atoms with Crippen molar-refractivity contribution in [1.82, 2.24) is 0 Å². The molecule has 0 heterocycles. The minimum atomic E-state index is -0.975. The molecule has 0 saturated heterocycles. The lowest BCUT2D eigenvalue weighted by atomic mass is 9.49. The van der Waals surface area contributed by atoms with Gasteiger partial charge in [0.15, 0.2) is 0 Å². The van der Waals surface area contributed by atoms with Gasteiger partial charge in [0.2, 0.25) is 0 Å². The molecule has 5 nitrogen and oxygen atoms in total. The lowest BCUT2D eigenvalue weighted by Gasteiger charge is -2.56. The lowest BCUT2D eigenvalue weighted by molar-refractivity contribution is -0.144. The van der Waals surface area contributed by atoms with Crippen molar-refractivity contribution in [2.45, 2.75) is 76.9 Å². The molecule has 28 heavy (non-hydrogen) atoms. The van der Waals surface area contributed by atoms with Crippen LogP contribution in [0.15, 0.2) is 16.8 Å². The van der Waals surface area contributed by atoms with Gasteiger partial charge in [-0.3, -0.25) is 4.79 Å². The number of hydrogen-bond donors (Lipinski definition) is 2. The molecule has 7 atom stereocenters. The summed E-state index contributed by atoms with van der Waals surface area (Å²) in [6.45, 7) is 3.57. The van der Waals surface area contributed by atoms with Crippen LogP contribution in [0.25, 0.3) is 0 Å². The Kier molecular flexibility index (Phi) is 4.82. The third-order valence-electron chi connectivity index (χ3n) is 8.53. The number of aliphatic hydroxyl groups is 1. The zero-order valence-corrected chi connectivity index (χ0v) is 16.9. The first kappa shape index (κ1) is 19.5. The van der Waals surface area contributed by atoms with Crippen LogP contribution in [0.5, 0.6) is 0 Å². The Hall–Kier alpha value is -1.80. The predicted molar refractivity (Wildman–Crippen MR) is 106 cm³/mol. The Morgan fingerprint density at radius 2 is 2.14 bits per heavy atom. The highest BCUT2D eigenvalue weighted by molar-refractivity contribution is 6.00. The molecule has 4 aliphatic rings. The van der Waals surface area contributed by atoms with Crippen LogP contribution in [-0.2, 0) is 9.53 Å². The molecule has 0 aromatic heterocycles. The van der Waals surface area contributed by atoms with E-state index in [-0.39, 0.29) is 11.4 Å². The molecule has 0 aliphatic heterocycles. The van der Waals surface area contributed by atoms with Gasteiger partial charge in [-0.25, -0.2) is 0 Å². The summed E-state index contributed by atoms with van der Waals surface area (Å²) < 4.78 is 5.46. The highest BCUT2D eigenvalue weighted by atomic mass is 16.5. The molecule has 4 rings (SSSR count). The van der Waals surface area contributed by atoms with Crippen LogP contribution < -0.4 is 0 Å². The van der Waals surface area contributed by atoms with Crippen molar-refractivity contribution in [2.75, 3.05) is 0 Å². The third-order valence-corrected chi connectivity index (χ3v) is 8.53. The number of rotatable bonds is 2. The predicted octanol–water partition coefficient (Wildman–Crippen LogP) is 3.69. The molecule has 3 fully saturated rings. The summed E-state index contributed by atoms with van der Waals surface area (Å²) in [6.07, 6.45) is 14.7. The summed E-state index contributed by atoms with van der Waals surface area (Å²) in [5.41, 5.74) is 0.649. The molecule has 0 bridgehead atoms. The van der Waals surface area contributed by atoms with Crippen LogP contribution in [0, 0.1) is 41.4 Å². The summed E-state index contributed by atoms with van der Waals surface area (Å²) in [6, 6.07) is 0. The first-order chi connectivity index (χ1) is 13.4. The third kappa shape index (κ3) is 2.64. The summed E-state index contributed by atoms with van der Waals surface area (Å²) in [4.78, 5) is 11.5. The van der Waals surface area contributed by atoms with Crippen LogP contribution in [-0.4, -0.2) is 33.7 Å². The van der Waals surface area contributed by atoms with Gasteiger partial charge in [0.05, 0.1) is 0 Å². The van der Waals surface area contributed by atoms with E-state index in [0.29, 0.717) is 42.2 Å². The maximum absolute atomic E-state index is 11.5. The molecule has 4 aliphatic carbocycles. The zero-order valence-electron chi connectivity index (χ0n) is 16.9. The van der Waals surface area contributed by atoms with Gasteiger partial charge in [0.25, 0.3) is 0 Å². The normalized spacial score (nSPS) is 46.0. The second kappa shape index (κ2) is 6.91. The Morgan fingerprint density at radius 3 is 2.79 bits per heavy atom. The smallest absolute Gasteiger partial charge is 0.303 e. The van der Waals surface area contributed by atoms with E-state index in [1.54, 1.807) is 0 Å². The number of nitrogens with zero attached hydrogens (tertiary/aromatic N) is 1. The maximum Gasteiger partial charge on any atom is 0.303 e. The van der Waals surface area contributed by atoms with Crippen molar-refractivity contribution in [3.63, 3.8) is 0 Å². The van der Waals surface area contributed by atoms with Crippen molar-refractivity contribution in [3.05, 3.63) is 11.6 Å². The number of allylic oxidation sites excluding steroid dienone is 1. The standard InChI is InChI=1S/C23H31NO4/c1-4-22-10-8-16-17(19(22)9-11-23(22,26)5-2)7-6-15-12-20(24-27)21(13-18(15)16)28-14(3)25/h2,12,16-19,21,26-27H,4,6-11,13H2,1,3H3/t16-,17+,18-,19-,21?,22-,23+/m0/s1. The summed E-state index contributed by atoms with van der Waals surface area (Å²) in [7, 11) is 0. The Labute approximate surface area is 167 Å². The highest BCUT2D eigenvalue weighted by Gasteiger charge is 2.63. The number of esters is 1. The fraction of sp³-hybridized carbons (Fsp3) is 0.739. The Bertz CT molecular complexity index is 765. The molecule has 0 radical (unpaired) electrons. The summed E-state index contributed by atoms with van der Waals surface area (Å²) in [5, 5.41) is 24.0. The molecule has 3 saturated carbocycles. The molecule has 0 spiro atoms. The Balaban J connectivity index is 1.64. The second-order valence-corrected chi connectivity index (χ2v) is 9.25. The van der Waals surface area contributed by atoms with Crippen LogP contribution in [0.2, 0.25) is 0 Å². The van der Waals surface area contributed by atoms with E-state index < -0.39 is 11.7 Å². The lowest BCUT2D eigenvalue weighted by Crippen LogP contribution is -2.54. The van der Waals surface area contributed by atoms with E-state index in [1.165, 1.54) is 12.5 Å². The number of carbonyl (C=O) groups is 1. The SMILES string of the molecule is C#C[C@@]1(O)CC[C@H]2[C@@H]3CCC4=CC(=NO)C(OC(C)=O)C[C@@H]4[C@H]3CC[C@@]21CC. The molecular weight excluding hydrogens is 354 g/mol. The van der Waals surface area contributed by atoms with Crippen molar-refractivity contribution in [1.29, 1.82) is 0 Å². The van der Waals surface area contributed by atoms with Gasteiger partial charge >= 0.3 is 5.97 Å². The number of fused-ring (bicyclic) bond motifs is 5. The molecule has 5 heteroatoms. The van der Waals surface area contributed by atoms with Gasteiger partial charge in [-0.15, -0.1) is 6.42 Å². The van der Waals surface area contributed by atoms with E-state index in [2.05, 4.69) is 18.0 Å². The van der Waals surface area contributed by atoms with E-state index in [9.17, 15) is 15.1 Å². The van der Waals surface area contributed by atoms with Gasteiger partial charge in [0, 0.05) is 12.3 Å². The molecule has 0 aromatic carbocycles. The Morgan fingerprint density at radius 1 is 1.36 bits per heavy atom. The molecule has 2 N–H and O–H groups in total. The van der Waals surface area contributed by atoms with Gasteiger partial charge in [-0.2, -0.15) is 0 Å². The molecule has 0 aromatic rings. The zero-order chi connectivity index (χ0) is 20.1. The molecule has 152 valence electrons. The summed E-state index contributed by atoms with van der Waals surface area (Å²) in [5.74, 6) is 4.29. The van der Waals surface area contributed by atoms with Crippen LogP contribution in [0.3, 0.4) is 0 Å². The van der Waals surface area contributed by atoms with Gasteiger partial charge in [-0.1, -0.05) is 23.6 Å². The van der Waals surface area contributed by atoms with Crippen LogP contribution in [0.1, 0.15) is 65.2 Å². The van der Waals surface area contributed by atoms with Crippen molar-refractivity contribution < 1.29 is 19.8 Å². The van der Waals surface area contributed by atoms with Crippen LogP contribution >= 0.6 is 0 Å². The number of oxime groups is 1. The molecule has 0 amide bonds. The second-order valence-electron chi connectivity index (χ2n) is 9.25. The first-order valence-electron chi connectivity index (χ1n) is 10.7. The number of carbonyl (C=O) groups excluding carboxylic acids is 1. The van der Waals surface area contributed by atoms with Gasteiger partial charge in [-0.05, 0) is 81.1 Å².